The summed E-state index contributed by atoms with van der Waals surface area (Å²) >= 11 is 0. The van der Waals surface area contributed by atoms with Crippen LogP contribution >= 0.6 is 0 Å². The summed E-state index contributed by atoms with van der Waals surface area (Å²) in [5.74, 6) is -0.258. The van der Waals surface area contributed by atoms with Gasteiger partial charge >= 0.3 is 0 Å². The maximum absolute atomic E-state index is 12.4. The van der Waals surface area contributed by atoms with E-state index in [-0.39, 0.29) is 23.8 Å². The molecule has 0 radical (unpaired) electrons. The van der Waals surface area contributed by atoms with Crippen LogP contribution in [0, 0.1) is 11.3 Å². The van der Waals surface area contributed by atoms with Gasteiger partial charge in [-0.25, -0.2) is 0 Å². The minimum absolute atomic E-state index is 0.0216. The predicted octanol–water partition coefficient (Wildman–Crippen LogP) is 0.228. The van der Waals surface area contributed by atoms with E-state index in [9.17, 15) is 9.59 Å². The van der Waals surface area contributed by atoms with Gasteiger partial charge in [-0.15, -0.1) is 0 Å². The topological polar surface area (TPSA) is 89.4 Å². The monoisotopic (exact) mass is 253 g/mol. The Morgan fingerprint density at radius 2 is 1.94 bits per heavy atom. The van der Waals surface area contributed by atoms with Crippen LogP contribution in [0.25, 0.3) is 0 Å². The second kappa shape index (κ2) is 4.88. The third-order valence-corrected chi connectivity index (χ3v) is 4.52. The molecule has 2 rings (SSSR count). The van der Waals surface area contributed by atoms with Gasteiger partial charge in [0.05, 0.1) is 11.3 Å². The quantitative estimate of drug-likeness (QED) is 0.738. The molecule has 0 aromatic rings. The number of nitrogens with two attached hydrogens (primary N) is 2. The summed E-state index contributed by atoms with van der Waals surface area (Å²) in [4.78, 5) is 25.6. The Balaban J connectivity index is 2.01. The zero-order valence-electron chi connectivity index (χ0n) is 11.0. The smallest absolute Gasteiger partial charge is 0.227 e. The Morgan fingerprint density at radius 3 is 2.50 bits per heavy atom. The highest BCUT2D eigenvalue weighted by atomic mass is 16.2. The minimum atomic E-state index is -0.561. The molecule has 18 heavy (non-hydrogen) atoms. The lowest BCUT2D eigenvalue weighted by Crippen LogP contribution is -2.46. The molecule has 3 atom stereocenters. The standard InChI is InChI=1S/C13H23N3O2/c1-13(12(15)18)6-7-16(8-13)11(17)9-4-2-3-5-10(9)14/h9-10H,2-8,14H2,1H3,(H2,15,18). The highest BCUT2D eigenvalue weighted by Crippen LogP contribution is 2.32. The zero-order chi connectivity index (χ0) is 13.3. The van der Waals surface area contributed by atoms with Crippen LogP contribution in [0.3, 0.4) is 0 Å². The zero-order valence-corrected chi connectivity index (χ0v) is 11.0. The van der Waals surface area contributed by atoms with Crippen molar-refractivity contribution in [1.29, 1.82) is 0 Å². The molecule has 2 amide bonds. The molecule has 0 aromatic carbocycles. The number of hydrogen-bond donors (Lipinski definition) is 2. The molecule has 102 valence electrons. The van der Waals surface area contributed by atoms with E-state index in [1.165, 1.54) is 0 Å². The fourth-order valence-corrected chi connectivity index (χ4v) is 3.05. The molecule has 0 aromatic heterocycles. The molecule has 1 heterocycles. The highest BCUT2D eigenvalue weighted by molar-refractivity contribution is 5.84. The van der Waals surface area contributed by atoms with Crippen molar-refractivity contribution in [2.24, 2.45) is 22.8 Å². The van der Waals surface area contributed by atoms with Gasteiger partial charge in [0.2, 0.25) is 11.8 Å². The van der Waals surface area contributed by atoms with Crippen molar-refractivity contribution in [3.8, 4) is 0 Å². The highest BCUT2D eigenvalue weighted by Gasteiger charge is 2.43. The molecule has 2 aliphatic rings. The lowest BCUT2D eigenvalue weighted by Gasteiger charge is -2.31. The van der Waals surface area contributed by atoms with Crippen LogP contribution in [0.1, 0.15) is 39.0 Å². The first-order chi connectivity index (χ1) is 8.44. The van der Waals surface area contributed by atoms with Crippen molar-refractivity contribution in [1.82, 2.24) is 4.90 Å². The fraction of sp³-hybridized carbons (Fsp3) is 0.846. The van der Waals surface area contributed by atoms with Gasteiger partial charge in [0.15, 0.2) is 0 Å². The third-order valence-electron chi connectivity index (χ3n) is 4.52. The van der Waals surface area contributed by atoms with Crippen LogP contribution in [-0.4, -0.2) is 35.8 Å². The van der Waals surface area contributed by atoms with Crippen LogP contribution in [0.15, 0.2) is 0 Å². The van der Waals surface area contributed by atoms with Gasteiger partial charge < -0.3 is 16.4 Å². The van der Waals surface area contributed by atoms with E-state index in [0.717, 1.165) is 25.7 Å². The van der Waals surface area contributed by atoms with Gasteiger partial charge in [-0.1, -0.05) is 12.8 Å². The molecule has 1 saturated carbocycles. The summed E-state index contributed by atoms with van der Waals surface area (Å²) in [6.07, 6.45) is 4.66. The molecular weight excluding hydrogens is 230 g/mol. The first-order valence-electron chi connectivity index (χ1n) is 6.78. The first kappa shape index (κ1) is 13.3. The molecule has 1 saturated heterocycles. The predicted molar refractivity (Wildman–Crippen MR) is 68.4 cm³/mol. The second-order valence-corrected chi connectivity index (χ2v) is 5.99. The van der Waals surface area contributed by atoms with Gasteiger partial charge in [-0.05, 0) is 26.2 Å². The van der Waals surface area contributed by atoms with E-state index in [0.29, 0.717) is 19.5 Å². The normalized spacial score (nSPS) is 36.7. The average Bonchev–Trinajstić information content (AvgIpc) is 2.73. The molecule has 5 nitrogen and oxygen atoms in total. The van der Waals surface area contributed by atoms with E-state index in [4.69, 9.17) is 11.5 Å². The van der Waals surface area contributed by atoms with Crippen molar-refractivity contribution in [2.75, 3.05) is 13.1 Å². The molecule has 1 aliphatic carbocycles. The summed E-state index contributed by atoms with van der Waals surface area (Å²) in [5, 5.41) is 0. The van der Waals surface area contributed by atoms with Gasteiger partial charge in [0.25, 0.3) is 0 Å². The second-order valence-electron chi connectivity index (χ2n) is 5.99. The largest absolute Gasteiger partial charge is 0.369 e. The van der Waals surface area contributed by atoms with Gasteiger partial charge in [-0.2, -0.15) is 0 Å². The SMILES string of the molecule is CC1(C(N)=O)CCN(C(=O)C2CCCCC2N)C1. The molecular formula is C13H23N3O2. The van der Waals surface area contributed by atoms with E-state index in [2.05, 4.69) is 0 Å². The summed E-state index contributed by atoms with van der Waals surface area (Å²) in [6.45, 7) is 2.91. The third kappa shape index (κ3) is 2.36. The summed E-state index contributed by atoms with van der Waals surface area (Å²) in [7, 11) is 0. The molecule has 4 N–H and O–H groups in total. The summed E-state index contributed by atoms with van der Waals surface area (Å²) in [5.41, 5.74) is 10.9. The Morgan fingerprint density at radius 1 is 1.28 bits per heavy atom. The molecule has 1 aliphatic heterocycles. The van der Waals surface area contributed by atoms with E-state index < -0.39 is 5.41 Å². The van der Waals surface area contributed by atoms with Crippen LogP contribution in [0.2, 0.25) is 0 Å². The molecule has 2 fully saturated rings. The van der Waals surface area contributed by atoms with Gasteiger partial charge in [0.1, 0.15) is 0 Å². The Bertz CT molecular complexity index is 358. The molecule has 0 bridgehead atoms. The van der Waals surface area contributed by atoms with E-state index in [1.807, 2.05) is 6.92 Å². The molecule has 5 heteroatoms. The van der Waals surface area contributed by atoms with E-state index >= 15 is 0 Å². The number of hydrogen-bond acceptors (Lipinski definition) is 3. The Kier molecular flexibility index (Phi) is 3.61. The van der Waals surface area contributed by atoms with Gasteiger partial charge in [-0.3, -0.25) is 9.59 Å². The molecule has 3 unspecified atom stereocenters. The lowest BCUT2D eigenvalue weighted by atomic mass is 9.84. The van der Waals surface area contributed by atoms with E-state index in [1.54, 1.807) is 4.90 Å². The number of rotatable bonds is 2. The van der Waals surface area contributed by atoms with Crippen LogP contribution in [0.4, 0.5) is 0 Å². The fourth-order valence-electron chi connectivity index (χ4n) is 3.05. The Hall–Kier alpha value is -1.10. The average molecular weight is 253 g/mol. The van der Waals surface area contributed by atoms with Crippen LogP contribution < -0.4 is 11.5 Å². The summed E-state index contributed by atoms with van der Waals surface area (Å²) in [6, 6.07) is -0.0216. The van der Waals surface area contributed by atoms with Crippen LogP contribution in [-0.2, 0) is 9.59 Å². The van der Waals surface area contributed by atoms with Crippen molar-refractivity contribution >= 4 is 11.8 Å². The summed E-state index contributed by atoms with van der Waals surface area (Å²) < 4.78 is 0. The Labute approximate surface area is 108 Å². The first-order valence-corrected chi connectivity index (χ1v) is 6.78. The lowest BCUT2D eigenvalue weighted by molar-refractivity contribution is -0.137. The maximum atomic E-state index is 12.4. The number of carbonyl (C=O) groups excluding carboxylic acids is 2. The number of nitrogens with zero attached hydrogens (tertiary/aromatic N) is 1. The van der Waals surface area contributed by atoms with Crippen molar-refractivity contribution < 1.29 is 9.59 Å². The maximum Gasteiger partial charge on any atom is 0.227 e. The number of primary amides is 1. The minimum Gasteiger partial charge on any atom is -0.369 e. The van der Waals surface area contributed by atoms with Crippen molar-refractivity contribution in [2.45, 2.75) is 45.1 Å². The number of amides is 2. The number of likely N-dealkylation sites (tertiary alicyclic amines) is 1. The van der Waals surface area contributed by atoms with Crippen molar-refractivity contribution in [3.63, 3.8) is 0 Å². The van der Waals surface area contributed by atoms with Crippen molar-refractivity contribution in [3.05, 3.63) is 0 Å². The number of carbonyl (C=O) groups is 2. The van der Waals surface area contributed by atoms with Crippen LogP contribution in [0.5, 0.6) is 0 Å². The molecule has 0 spiro atoms. The van der Waals surface area contributed by atoms with Gasteiger partial charge in [0, 0.05) is 19.1 Å².